The van der Waals surface area contributed by atoms with Crippen LogP contribution in [0.1, 0.15) is 34.5 Å². The van der Waals surface area contributed by atoms with Gasteiger partial charge in [0.15, 0.2) is 11.4 Å². The Morgan fingerprint density at radius 1 is 1.32 bits per heavy atom. The maximum Gasteiger partial charge on any atom is 0.407 e. The number of pyridine rings is 1. The van der Waals surface area contributed by atoms with E-state index in [0.717, 1.165) is 23.8 Å². The average Bonchev–Trinajstić information content (AvgIpc) is 3.32. The van der Waals surface area contributed by atoms with E-state index in [4.69, 9.17) is 21.4 Å². The van der Waals surface area contributed by atoms with Crippen molar-refractivity contribution in [3.05, 3.63) is 58.1 Å². The van der Waals surface area contributed by atoms with Crippen molar-refractivity contribution in [2.24, 2.45) is 5.92 Å². The van der Waals surface area contributed by atoms with Crippen molar-refractivity contribution in [3.8, 4) is 5.75 Å². The molecule has 8 nitrogen and oxygen atoms in total. The Kier molecular flexibility index (Phi) is 4.86. The third-order valence-electron chi connectivity index (χ3n) is 5.90. The molecule has 9 heteroatoms. The van der Waals surface area contributed by atoms with Gasteiger partial charge in [-0.05, 0) is 49.4 Å². The minimum atomic E-state index is -0.887. The predicted octanol–water partition coefficient (Wildman–Crippen LogP) is 4.16. The van der Waals surface area contributed by atoms with Gasteiger partial charge in [0.1, 0.15) is 5.75 Å². The summed E-state index contributed by atoms with van der Waals surface area (Å²) in [5.41, 5.74) is 2.48. The van der Waals surface area contributed by atoms with Crippen molar-refractivity contribution in [3.63, 3.8) is 0 Å². The number of carboxylic acid groups (broad SMARTS) is 1. The molecule has 31 heavy (non-hydrogen) atoms. The van der Waals surface area contributed by atoms with E-state index in [0.29, 0.717) is 47.2 Å². The number of fused-ring (bicyclic) bond motifs is 2. The number of carbonyl (C=O) groups excluding carboxylic acids is 1. The molecule has 2 aliphatic rings. The molecule has 3 aromatic rings. The number of piperidine rings is 1. The molecule has 2 aliphatic heterocycles. The SMILES string of the molecule is O=C1C(=Cc2n[nH]c3ncccc23)Oc2c1ccc(Cl)c2CC1CCN(C(=O)O)CC1. The maximum absolute atomic E-state index is 13.0. The Bertz CT molecular complexity index is 1230. The highest BCUT2D eigenvalue weighted by atomic mass is 35.5. The van der Waals surface area contributed by atoms with E-state index in [1.807, 2.05) is 6.07 Å². The second-order valence-electron chi connectivity index (χ2n) is 7.77. The molecule has 5 rings (SSSR count). The molecule has 2 N–H and O–H groups in total. The maximum atomic E-state index is 13.0. The Morgan fingerprint density at radius 2 is 2.13 bits per heavy atom. The van der Waals surface area contributed by atoms with E-state index in [2.05, 4.69) is 15.2 Å². The number of H-pyrrole nitrogens is 1. The topological polar surface area (TPSA) is 108 Å². The molecular formula is C22H19ClN4O4. The molecule has 0 aliphatic carbocycles. The van der Waals surface area contributed by atoms with Crippen LogP contribution in [-0.4, -0.2) is 50.2 Å². The Labute approximate surface area is 182 Å². The molecule has 0 bridgehead atoms. The van der Waals surface area contributed by atoms with Gasteiger partial charge in [0, 0.05) is 41.3 Å². The largest absolute Gasteiger partial charge is 0.465 e. The van der Waals surface area contributed by atoms with Gasteiger partial charge in [0.05, 0.1) is 11.3 Å². The third kappa shape index (κ3) is 3.53. The second-order valence-corrected chi connectivity index (χ2v) is 8.18. The molecule has 2 aromatic heterocycles. The number of nitrogens with one attached hydrogen (secondary N) is 1. The quantitative estimate of drug-likeness (QED) is 0.594. The number of amides is 1. The number of hydrogen-bond acceptors (Lipinski definition) is 5. The zero-order valence-electron chi connectivity index (χ0n) is 16.5. The first-order chi connectivity index (χ1) is 15.0. The lowest BCUT2D eigenvalue weighted by Gasteiger charge is -2.30. The summed E-state index contributed by atoms with van der Waals surface area (Å²) in [4.78, 5) is 29.8. The van der Waals surface area contributed by atoms with E-state index < -0.39 is 6.09 Å². The summed E-state index contributed by atoms with van der Waals surface area (Å²) >= 11 is 6.48. The number of Topliss-reactive ketones (excluding diaryl/α,β-unsaturated/α-hetero) is 1. The van der Waals surface area contributed by atoms with Crippen LogP contribution in [0.15, 0.2) is 36.2 Å². The zero-order chi connectivity index (χ0) is 21.5. The number of rotatable bonds is 3. The van der Waals surface area contributed by atoms with Crippen LogP contribution < -0.4 is 4.74 Å². The molecule has 0 atom stereocenters. The molecule has 0 radical (unpaired) electrons. The van der Waals surface area contributed by atoms with Gasteiger partial charge in [-0.15, -0.1) is 0 Å². The molecule has 1 saturated heterocycles. The van der Waals surface area contributed by atoms with Crippen LogP contribution in [-0.2, 0) is 6.42 Å². The van der Waals surface area contributed by atoms with Crippen molar-refractivity contribution in [2.45, 2.75) is 19.3 Å². The van der Waals surface area contributed by atoms with E-state index in [9.17, 15) is 9.59 Å². The first kappa shape index (κ1) is 19.6. The number of halogens is 1. The van der Waals surface area contributed by atoms with Crippen molar-refractivity contribution in [1.29, 1.82) is 0 Å². The van der Waals surface area contributed by atoms with Gasteiger partial charge in [-0.3, -0.25) is 9.89 Å². The number of aromatic amines is 1. The number of nitrogens with zero attached hydrogens (tertiary/aromatic N) is 3. The van der Waals surface area contributed by atoms with Gasteiger partial charge < -0.3 is 14.7 Å². The molecule has 0 unspecified atom stereocenters. The molecule has 4 heterocycles. The molecule has 1 aromatic carbocycles. The van der Waals surface area contributed by atoms with Crippen LogP contribution in [0, 0.1) is 5.92 Å². The van der Waals surface area contributed by atoms with E-state index >= 15 is 0 Å². The molecule has 0 spiro atoms. The standard InChI is InChI=1S/C22H19ClN4O4/c23-16-4-3-14-19(28)18(11-17-13-2-1-7-24-21(13)26-25-17)31-20(14)15(16)10-12-5-8-27(9-6-12)22(29)30/h1-4,7,11-12H,5-6,8-10H2,(H,29,30)(H,24,25,26). The highest BCUT2D eigenvalue weighted by Crippen LogP contribution is 2.41. The van der Waals surface area contributed by atoms with E-state index in [1.165, 1.54) is 4.90 Å². The van der Waals surface area contributed by atoms with Crippen LogP contribution in [0.2, 0.25) is 5.02 Å². The lowest BCUT2D eigenvalue weighted by Crippen LogP contribution is -2.37. The summed E-state index contributed by atoms with van der Waals surface area (Å²) in [6.45, 7) is 0.996. The Balaban J connectivity index is 1.42. The normalized spacial score (nSPS) is 17.9. The summed E-state index contributed by atoms with van der Waals surface area (Å²) in [5, 5.41) is 17.6. The first-order valence-electron chi connectivity index (χ1n) is 10.0. The number of ether oxygens (including phenoxy) is 1. The smallest absolute Gasteiger partial charge is 0.407 e. The molecule has 0 saturated carbocycles. The van der Waals surface area contributed by atoms with Crippen molar-refractivity contribution in [2.75, 3.05) is 13.1 Å². The Hall–Kier alpha value is -3.39. The van der Waals surface area contributed by atoms with Crippen molar-refractivity contribution >= 4 is 40.6 Å². The fourth-order valence-corrected chi connectivity index (χ4v) is 4.43. The third-order valence-corrected chi connectivity index (χ3v) is 6.25. The van der Waals surface area contributed by atoms with Crippen molar-refractivity contribution in [1.82, 2.24) is 20.1 Å². The number of benzene rings is 1. The minimum Gasteiger partial charge on any atom is -0.465 e. The summed E-state index contributed by atoms with van der Waals surface area (Å²) in [6, 6.07) is 7.08. The fraction of sp³-hybridized carbons (Fsp3) is 0.273. The summed E-state index contributed by atoms with van der Waals surface area (Å²) in [5.74, 6) is 0.736. The number of carbonyl (C=O) groups is 2. The first-order valence-corrected chi connectivity index (χ1v) is 10.4. The van der Waals surface area contributed by atoms with Gasteiger partial charge in [-0.1, -0.05) is 11.6 Å². The van der Waals surface area contributed by atoms with Crippen LogP contribution in [0.25, 0.3) is 17.1 Å². The highest BCUT2D eigenvalue weighted by Gasteiger charge is 2.33. The van der Waals surface area contributed by atoms with Crippen LogP contribution in [0.3, 0.4) is 0 Å². The number of allylic oxidation sites excluding steroid dienone is 1. The summed E-state index contributed by atoms with van der Waals surface area (Å²) in [6.07, 6.45) is 4.52. The second kappa shape index (κ2) is 7.70. The highest BCUT2D eigenvalue weighted by molar-refractivity contribution is 6.32. The van der Waals surface area contributed by atoms with Gasteiger partial charge in [0.2, 0.25) is 5.78 Å². The summed E-state index contributed by atoms with van der Waals surface area (Å²) < 4.78 is 6.00. The predicted molar refractivity (Wildman–Crippen MR) is 114 cm³/mol. The molecule has 1 fully saturated rings. The average molecular weight is 439 g/mol. The number of likely N-dealkylation sites (tertiary alicyclic amines) is 1. The van der Waals surface area contributed by atoms with Gasteiger partial charge in [0.25, 0.3) is 0 Å². The number of hydrogen-bond donors (Lipinski definition) is 2. The van der Waals surface area contributed by atoms with E-state index in [-0.39, 0.29) is 17.5 Å². The van der Waals surface area contributed by atoms with Gasteiger partial charge >= 0.3 is 6.09 Å². The van der Waals surface area contributed by atoms with Gasteiger partial charge in [-0.25, -0.2) is 9.78 Å². The molecular weight excluding hydrogens is 420 g/mol. The van der Waals surface area contributed by atoms with Crippen LogP contribution in [0.4, 0.5) is 4.79 Å². The van der Waals surface area contributed by atoms with Gasteiger partial charge in [-0.2, -0.15) is 5.10 Å². The van der Waals surface area contributed by atoms with E-state index in [1.54, 1.807) is 30.5 Å². The minimum absolute atomic E-state index is 0.191. The zero-order valence-corrected chi connectivity index (χ0v) is 17.2. The monoisotopic (exact) mass is 438 g/mol. The lowest BCUT2D eigenvalue weighted by molar-refractivity contribution is 0.101. The molecule has 158 valence electrons. The number of ketones is 1. The summed E-state index contributed by atoms with van der Waals surface area (Å²) in [7, 11) is 0. The van der Waals surface area contributed by atoms with Crippen molar-refractivity contribution < 1.29 is 19.4 Å². The number of aromatic nitrogens is 3. The fourth-order valence-electron chi connectivity index (χ4n) is 4.20. The molecule has 1 amide bonds. The van der Waals surface area contributed by atoms with Crippen LogP contribution >= 0.6 is 11.6 Å². The van der Waals surface area contributed by atoms with Crippen LogP contribution in [0.5, 0.6) is 5.75 Å². The lowest BCUT2D eigenvalue weighted by atomic mass is 9.89. The Morgan fingerprint density at radius 3 is 2.90 bits per heavy atom.